The SMILES string of the molecule is CCCCCCCCCCCCc1ccc(-c2ccc(OCCCCC(C)CC)cc2)nc1. The Morgan fingerprint density at radius 1 is 0.727 bits per heavy atom. The van der Waals surface area contributed by atoms with Crippen LogP contribution in [0.15, 0.2) is 42.6 Å². The molecule has 0 aliphatic heterocycles. The van der Waals surface area contributed by atoms with Crippen molar-refractivity contribution in [2.45, 2.75) is 117 Å². The summed E-state index contributed by atoms with van der Waals surface area (Å²) >= 11 is 0. The van der Waals surface area contributed by atoms with Gasteiger partial charge in [-0.25, -0.2) is 0 Å². The molecular weight excluding hydrogens is 402 g/mol. The molecule has 1 atom stereocenters. The first kappa shape index (κ1) is 27.4. The van der Waals surface area contributed by atoms with Crippen LogP contribution in [0.4, 0.5) is 0 Å². The van der Waals surface area contributed by atoms with Crippen molar-refractivity contribution in [1.82, 2.24) is 4.98 Å². The third kappa shape index (κ3) is 12.3. The van der Waals surface area contributed by atoms with Gasteiger partial charge in [0, 0.05) is 11.8 Å². The molecule has 33 heavy (non-hydrogen) atoms. The summed E-state index contributed by atoms with van der Waals surface area (Å²) in [5.74, 6) is 1.79. The zero-order valence-corrected chi connectivity index (χ0v) is 21.8. The van der Waals surface area contributed by atoms with E-state index in [9.17, 15) is 0 Å². The van der Waals surface area contributed by atoms with Gasteiger partial charge in [0.25, 0.3) is 0 Å². The first-order valence-electron chi connectivity index (χ1n) is 13.9. The first-order valence-corrected chi connectivity index (χ1v) is 13.9. The Morgan fingerprint density at radius 2 is 1.39 bits per heavy atom. The second-order valence-electron chi connectivity index (χ2n) is 9.87. The molecule has 0 aliphatic rings. The molecule has 0 saturated carbocycles. The molecule has 2 nitrogen and oxygen atoms in total. The summed E-state index contributed by atoms with van der Waals surface area (Å²) in [6, 6.07) is 12.8. The number of ether oxygens (including phenoxy) is 1. The van der Waals surface area contributed by atoms with Crippen LogP contribution >= 0.6 is 0 Å². The molecule has 0 aliphatic carbocycles. The van der Waals surface area contributed by atoms with Crippen LogP contribution in [0.5, 0.6) is 5.75 Å². The predicted molar refractivity (Wildman–Crippen MR) is 144 cm³/mol. The molecule has 2 heteroatoms. The van der Waals surface area contributed by atoms with Crippen LogP contribution < -0.4 is 4.74 Å². The maximum atomic E-state index is 5.91. The van der Waals surface area contributed by atoms with Crippen molar-refractivity contribution in [3.63, 3.8) is 0 Å². The van der Waals surface area contributed by atoms with E-state index in [1.807, 2.05) is 0 Å². The molecule has 0 N–H and O–H groups in total. The number of hydrogen-bond donors (Lipinski definition) is 0. The molecule has 0 saturated heterocycles. The average molecular weight is 452 g/mol. The van der Waals surface area contributed by atoms with E-state index in [0.717, 1.165) is 42.4 Å². The average Bonchev–Trinajstić information content (AvgIpc) is 2.85. The standard InChI is InChI=1S/C31H49NO/c1-4-6-7-8-9-10-11-12-13-14-18-28-19-24-31(32-26-28)29-20-22-30(23-21-29)33-25-16-15-17-27(3)5-2/h19-24,26-27H,4-18,25H2,1-3H3. The highest BCUT2D eigenvalue weighted by atomic mass is 16.5. The lowest BCUT2D eigenvalue weighted by molar-refractivity contribution is 0.300. The number of rotatable bonds is 19. The lowest BCUT2D eigenvalue weighted by Crippen LogP contribution is -1.99. The van der Waals surface area contributed by atoms with Crippen molar-refractivity contribution >= 4 is 0 Å². The third-order valence-electron chi connectivity index (χ3n) is 6.85. The van der Waals surface area contributed by atoms with Crippen LogP contribution in [0, 0.1) is 5.92 Å². The van der Waals surface area contributed by atoms with E-state index in [0.29, 0.717) is 0 Å². The van der Waals surface area contributed by atoms with Crippen LogP contribution in [-0.4, -0.2) is 11.6 Å². The summed E-state index contributed by atoms with van der Waals surface area (Å²) in [5.41, 5.74) is 3.56. The molecule has 2 rings (SSSR count). The van der Waals surface area contributed by atoms with Crippen LogP contribution in [0.2, 0.25) is 0 Å². The molecule has 0 spiro atoms. The van der Waals surface area contributed by atoms with Gasteiger partial charge in [-0.3, -0.25) is 4.98 Å². The minimum absolute atomic E-state index is 0.807. The molecule has 0 bridgehead atoms. The van der Waals surface area contributed by atoms with Gasteiger partial charge >= 0.3 is 0 Å². The smallest absolute Gasteiger partial charge is 0.119 e. The Morgan fingerprint density at radius 3 is 2.00 bits per heavy atom. The fraction of sp³-hybridized carbons (Fsp3) is 0.645. The molecule has 1 unspecified atom stereocenters. The molecule has 2 aromatic rings. The Hall–Kier alpha value is -1.83. The van der Waals surface area contributed by atoms with Crippen LogP contribution in [-0.2, 0) is 6.42 Å². The van der Waals surface area contributed by atoms with E-state index in [-0.39, 0.29) is 0 Å². The topological polar surface area (TPSA) is 22.1 Å². The number of pyridine rings is 1. The summed E-state index contributed by atoms with van der Waals surface area (Å²) in [6.45, 7) is 7.69. The molecule has 0 fully saturated rings. The van der Waals surface area contributed by atoms with Gasteiger partial charge in [-0.2, -0.15) is 0 Å². The van der Waals surface area contributed by atoms with Gasteiger partial charge in [0.2, 0.25) is 0 Å². The second kappa shape index (κ2) is 17.6. The van der Waals surface area contributed by atoms with Crippen molar-refractivity contribution in [3.05, 3.63) is 48.2 Å². The highest BCUT2D eigenvalue weighted by Crippen LogP contribution is 2.22. The molecule has 1 aromatic heterocycles. The van der Waals surface area contributed by atoms with Gasteiger partial charge in [0.05, 0.1) is 12.3 Å². The van der Waals surface area contributed by atoms with E-state index in [2.05, 4.69) is 63.4 Å². The summed E-state index contributed by atoms with van der Waals surface area (Å²) in [7, 11) is 0. The highest BCUT2D eigenvalue weighted by Gasteiger charge is 2.03. The van der Waals surface area contributed by atoms with Crippen molar-refractivity contribution < 1.29 is 4.74 Å². The minimum Gasteiger partial charge on any atom is -0.494 e. The van der Waals surface area contributed by atoms with E-state index >= 15 is 0 Å². The van der Waals surface area contributed by atoms with Crippen molar-refractivity contribution in [2.75, 3.05) is 6.61 Å². The first-order chi connectivity index (χ1) is 16.2. The van der Waals surface area contributed by atoms with Gasteiger partial charge in [-0.15, -0.1) is 0 Å². The normalized spacial score (nSPS) is 12.1. The Kier molecular flexibility index (Phi) is 14.6. The van der Waals surface area contributed by atoms with Crippen LogP contribution in [0.1, 0.15) is 116 Å². The predicted octanol–water partition coefficient (Wildman–Crippen LogP) is 9.81. The molecule has 1 heterocycles. The third-order valence-corrected chi connectivity index (χ3v) is 6.85. The van der Waals surface area contributed by atoms with E-state index in [1.54, 1.807) is 0 Å². The van der Waals surface area contributed by atoms with Crippen molar-refractivity contribution in [2.24, 2.45) is 5.92 Å². The molecule has 1 aromatic carbocycles. The zero-order chi connectivity index (χ0) is 23.6. The summed E-state index contributed by atoms with van der Waals surface area (Å²) in [5, 5.41) is 0. The lowest BCUT2D eigenvalue weighted by atomic mass is 10.0. The van der Waals surface area contributed by atoms with Crippen LogP contribution in [0.3, 0.4) is 0 Å². The Bertz CT molecular complexity index is 707. The maximum Gasteiger partial charge on any atom is 0.119 e. The Labute approximate surface area is 204 Å². The van der Waals surface area contributed by atoms with Crippen LogP contribution in [0.25, 0.3) is 11.3 Å². The van der Waals surface area contributed by atoms with Crippen molar-refractivity contribution in [1.29, 1.82) is 0 Å². The molecular formula is C31H49NO. The van der Waals surface area contributed by atoms with Gasteiger partial charge in [0.1, 0.15) is 5.75 Å². The van der Waals surface area contributed by atoms with Gasteiger partial charge in [-0.05, 0) is 67.5 Å². The highest BCUT2D eigenvalue weighted by molar-refractivity contribution is 5.60. The lowest BCUT2D eigenvalue weighted by Gasteiger charge is -2.09. The maximum absolute atomic E-state index is 5.91. The van der Waals surface area contributed by atoms with Gasteiger partial charge in [-0.1, -0.05) is 97.5 Å². The number of hydrogen-bond acceptors (Lipinski definition) is 2. The fourth-order valence-corrected chi connectivity index (χ4v) is 4.27. The number of aromatic nitrogens is 1. The summed E-state index contributed by atoms with van der Waals surface area (Å²) in [6.07, 6.45) is 22.0. The second-order valence-corrected chi connectivity index (χ2v) is 9.87. The molecule has 0 radical (unpaired) electrons. The van der Waals surface area contributed by atoms with E-state index in [4.69, 9.17) is 9.72 Å². The quantitative estimate of drug-likeness (QED) is 0.198. The van der Waals surface area contributed by atoms with Gasteiger partial charge in [0.15, 0.2) is 0 Å². The Balaban J connectivity index is 1.60. The summed E-state index contributed by atoms with van der Waals surface area (Å²) in [4.78, 5) is 4.71. The number of aryl methyl sites for hydroxylation is 1. The molecule has 184 valence electrons. The number of benzene rings is 1. The minimum atomic E-state index is 0.807. The van der Waals surface area contributed by atoms with E-state index in [1.165, 1.54) is 89.0 Å². The monoisotopic (exact) mass is 451 g/mol. The van der Waals surface area contributed by atoms with Crippen molar-refractivity contribution in [3.8, 4) is 17.0 Å². The zero-order valence-electron chi connectivity index (χ0n) is 21.8. The summed E-state index contributed by atoms with van der Waals surface area (Å²) < 4.78 is 5.91. The van der Waals surface area contributed by atoms with E-state index < -0.39 is 0 Å². The number of nitrogens with zero attached hydrogens (tertiary/aromatic N) is 1. The number of unbranched alkanes of at least 4 members (excludes halogenated alkanes) is 10. The fourth-order valence-electron chi connectivity index (χ4n) is 4.27. The molecule has 0 amide bonds. The van der Waals surface area contributed by atoms with Gasteiger partial charge < -0.3 is 4.74 Å². The largest absolute Gasteiger partial charge is 0.494 e.